The highest BCUT2D eigenvalue weighted by Gasteiger charge is 2.38. The van der Waals surface area contributed by atoms with Gasteiger partial charge in [-0.25, -0.2) is 0 Å². The lowest BCUT2D eigenvalue weighted by molar-refractivity contribution is -0.165. The standard InChI is InChI=1S/C8H10F3NO2/c1-7(2)4-14-6(12-7)3-5(13)8(9,10)11/h3,12H,4H2,1-2H3/b6-3+. The van der Waals surface area contributed by atoms with E-state index in [-0.39, 0.29) is 12.5 Å². The zero-order chi connectivity index (χ0) is 11.0. The summed E-state index contributed by atoms with van der Waals surface area (Å²) in [6, 6.07) is 0. The Labute approximate surface area is 78.9 Å². The van der Waals surface area contributed by atoms with Crippen LogP contribution < -0.4 is 5.32 Å². The third kappa shape index (κ3) is 2.65. The van der Waals surface area contributed by atoms with E-state index in [1.165, 1.54) is 0 Å². The van der Waals surface area contributed by atoms with Crippen LogP contribution in [-0.4, -0.2) is 24.1 Å². The minimum absolute atomic E-state index is 0.127. The molecule has 0 amide bonds. The van der Waals surface area contributed by atoms with Crippen molar-refractivity contribution < 1.29 is 22.7 Å². The molecule has 1 fully saturated rings. The summed E-state index contributed by atoms with van der Waals surface area (Å²) in [6.07, 6.45) is -4.42. The maximum atomic E-state index is 11.8. The number of carbonyl (C=O) groups is 1. The van der Waals surface area contributed by atoms with Crippen LogP contribution in [0.15, 0.2) is 12.0 Å². The molecular weight excluding hydrogens is 199 g/mol. The van der Waals surface area contributed by atoms with E-state index < -0.39 is 17.5 Å². The number of allylic oxidation sites excluding steroid dienone is 1. The number of hydrogen-bond donors (Lipinski definition) is 1. The Kier molecular flexibility index (Phi) is 2.47. The van der Waals surface area contributed by atoms with Gasteiger partial charge < -0.3 is 10.1 Å². The van der Waals surface area contributed by atoms with Gasteiger partial charge in [0.05, 0.1) is 11.6 Å². The highest BCUT2D eigenvalue weighted by Crippen LogP contribution is 2.20. The normalized spacial score (nSPS) is 23.1. The highest BCUT2D eigenvalue weighted by molar-refractivity contribution is 5.94. The van der Waals surface area contributed by atoms with Gasteiger partial charge in [0.1, 0.15) is 6.61 Å². The Bertz CT molecular complexity index is 281. The highest BCUT2D eigenvalue weighted by atomic mass is 19.4. The molecule has 0 aromatic rings. The summed E-state index contributed by atoms with van der Waals surface area (Å²) in [5.41, 5.74) is -0.433. The van der Waals surface area contributed by atoms with Gasteiger partial charge in [0.15, 0.2) is 5.88 Å². The number of halogens is 3. The fourth-order valence-corrected chi connectivity index (χ4v) is 0.943. The molecule has 1 saturated heterocycles. The number of rotatable bonds is 1. The number of hydrogen-bond acceptors (Lipinski definition) is 3. The molecule has 0 saturated carbocycles. The van der Waals surface area contributed by atoms with Gasteiger partial charge in [-0.15, -0.1) is 0 Å². The van der Waals surface area contributed by atoms with Crippen molar-refractivity contribution >= 4 is 5.78 Å². The van der Waals surface area contributed by atoms with Gasteiger partial charge >= 0.3 is 6.18 Å². The average Bonchev–Trinajstić information content (AvgIpc) is 2.28. The first-order chi connectivity index (χ1) is 6.21. The average molecular weight is 209 g/mol. The molecule has 1 rings (SSSR count). The van der Waals surface area contributed by atoms with Crippen molar-refractivity contribution in [3.63, 3.8) is 0 Å². The van der Waals surface area contributed by atoms with Crippen molar-refractivity contribution in [1.82, 2.24) is 5.32 Å². The van der Waals surface area contributed by atoms with E-state index >= 15 is 0 Å². The topological polar surface area (TPSA) is 38.3 Å². The SMILES string of the molecule is CC1(C)CO/C(=C/C(=O)C(F)(F)F)N1. The molecule has 1 aliphatic rings. The molecule has 0 bridgehead atoms. The summed E-state index contributed by atoms with van der Waals surface area (Å²) in [6.45, 7) is 3.75. The summed E-state index contributed by atoms with van der Waals surface area (Å²) >= 11 is 0. The van der Waals surface area contributed by atoms with Gasteiger partial charge in [-0.2, -0.15) is 13.2 Å². The molecule has 6 heteroatoms. The maximum Gasteiger partial charge on any atom is 0.454 e. The van der Waals surface area contributed by atoms with E-state index in [0.717, 1.165) is 0 Å². The van der Waals surface area contributed by atoms with E-state index in [9.17, 15) is 18.0 Å². The second-order valence-electron chi connectivity index (χ2n) is 3.67. The van der Waals surface area contributed by atoms with E-state index in [1.807, 2.05) is 0 Å². The van der Waals surface area contributed by atoms with Gasteiger partial charge in [-0.05, 0) is 13.8 Å². The zero-order valence-electron chi connectivity index (χ0n) is 7.73. The van der Waals surface area contributed by atoms with Crippen LogP contribution in [0.5, 0.6) is 0 Å². The summed E-state index contributed by atoms with van der Waals surface area (Å²) in [7, 11) is 0. The van der Waals surface area contributed by atoms with Crippen molar-refractivity contribution in [2.75, 3.05) is 6.61 Å². The van der Waals surface area contributed by atoms with Crippen LogP contribution in [0.1, 0.15) is 13.8 Å². The molecule has 0 aromatic carbocycles. The minimum Gasteiger partial charge on any atom is -0.477 e. The van der Waals surface area contributed by atoms with Gasteiger partial charge in [0, 0.05) is 0 Å². The predicted octanol–water partition coefficient (Wildman–Crippen LogP) is 1.36. The van der Waals surface area contributed by atoms with Crippen LogP contribution in [0.2, 0.25) is 0 Å². The first-order valence-corrected chi connectivity index (χ1v) is 3.94. The van der Waals surface area contributed by atoms with Gasteiger partial charge in [-0.3, -0.25) is 4.79 Å². The fourth-order valence-electron chi connectivity index (χ4n) is 0.943. The number of nitrogens with one attached hydrogen (secondary N) is 1. The maximum absolute atomic E-state index is 11.8. The zero-order valence-corrected chi connectivity index (χ0v) is 7.73. The van der Waals surface area contributed by atoms with Crippen molar-refractivity contribution in [3.05, 3.63) is 12.0 Å². The fraction of sp³-hybridized carbons (Fsp3) is 0.625. The number of ether oxygens (including phenoxy) is 1. The summed E-state index contributed by atoms with van der Waals surface area (Å²) in [5.74, 6) is -2.05. The lowest BCUT2D eigenvalue weighted by Crippen LogP contribution is -2.34. The van der Waals surface area contributed by atoms with Gasteiger partial charge in [0.25, 0.3) is 5.78 Å². The number of alkyl halides is 3. The molecule has 80 valence electrons. The van der Waals surface area contributed by atoms with Crippen LogP contribution in [0.3, 0.4) is 0 Å². The van der Waals surface area contributed by atoms with Gasteiger partial charge in [0.2, 0.25) is 0 Å². The molecule has 0 radical (unpaired) electrons. The lowest BCUT2D eigenvalue weighted by Gasteiger charge is -2.13. The smallest absolute Gasteiger partial charge is 0.454 e. The van der Waals surface area contributed by atoms with Crippen LogP contribution in [-0.2, 0) is 9.53 Å². The molecule has 0 aromatic heterocycles. The third-order valence-corrected chi connectivity index (χ3v) is 1.59. The summed E-state index contributed by atoms with van der Waals surface area (Å²) in [5, 5.41) is 2.65. The molecular formula is C8H10F3NO2. The molecule has 0 spiro atoms. The Morgan fingerprint density at radius 1 is 1.57 bits per heavy atom. The van der Waals surface area contributed by atoms with Crippen LogP contribution in [0, 0.1) is 0 Å². The molecule has 3 nitrogen and oxygen atoms in total. The second kappa shape index (κ2) is 3.18. The molecule has 0 atom stereocenters. The first-order valence-electron chi connectivity index (χ1n) is 3.94. The molecule has 1 N–H and O–H groups in total. The number of carbonyl (C=O) groups excluding carboxylic acids is 1. The largest absolute Gasteiger partial charge is 0.477 e. The van der Waals surface area contributed by atoms with Gasteiger partial charge in [-0.1, -0.05) is 0 Å². The number of ketones is 1. The second-order valence-corrected chi connectivity index (χ2v) is 3.67. The monoisotopic (exact) mass is 209 g/mol. The third-order valence-electron chi connectivity index (χ3n) is 1.59. The summed E-state index contributed by atoms with van der Waals surface area (Å²) < 4.78 is 40.3. The van der Waals surface area contributed by atoms with E-state index in [4.69, 9.17) is 4.74 Å². The molecule has 0 unspecified atom stereocenters. The van der Waals surface area contributed by atoms with Crippen molar-refractivity contribution in [2.45, 2.75) is 25.6 Å². The van der Waals surface area contributed by atoms with Crippen LogP contribution >= 0.6 is 0 Å². The molecule has 0 aliphatic carbocycles. The Morgan fingerprint density at radius 2 is 2.14 bits per heavy atom. The minimum atomic E-state index is -4.84. The predicted molar refractivity (Wildman–Crippen MR) is 42.3 cm³/mol. The van der Waals surface area contributed by atoms with Crippen molar-refractivity contribution in [2.24, 2.45) is 0 Å². The van der Waals surface area contributed by atoms with Crippen LogP contribution in [0.25, 0.3) is 0 Å². The molecule has 14 heavy (non-hydrogen) atoms. The van der Waals surface area contributed by atoms with Crippen molar-refractivity contribution in [1.29, 1.82) is 0 Å². The van der Waals surface area contributed by atoms with E-state index in [1.54, 1.807) is 13.8 Å². The Hall–Kier alpha value is -1.20. The van der Waals surface area contributed by atoms with Crippen molar-refractivity contribution in [3.8, 4) is 0 Å². The lowest BCUT2D eigenvalue weighted by atomic mass is 10.1. The molecule has 1 heterocycles. The molecule has 1 aliphatic heterocycles. The first kappa shape index (κ1) is 10.9. The van der Waals surface area contributed by atoms with E-state index in [2.05, 4.69) is 5.32 Å². The Morgan fingerprint density at radius 3 is 2.50 bits per heavy atom. The van der Waals surface area contributed by atoms with Crippen LogP contribution in [0.4, 0.5) is 13.2 Å². The Balaban J connectivity index is 2.68. The summed E-state index contributed by atoms with van der Waals surface area (Å²) in [4.78, 5) is 10.5. The quantitative estimate of drug-likeness (QED) is 0.662. The van der Waals surface area contributed by atoms with E-state index in [0.29, 0.717) is 6.08 Å².